The molecular formula is C23H22N2O3. The van der Waals surface area contributed by atoms with Crippen molar-refractivity contribution in [1.82, 2.24) is 5.43 Å². The molecule has 0 bridgehead atoms. The van der Waals surface area contributed by atoms with Gasteiger partial charge in [-0.15, -0.1) is 0 Å². The summed E-state index contributed by atoms with van der Waals surface area (Å²) in [4.78, 5) is 12.0. The third kappa shape index (κ3) is 5.45. The fourth-order valence-electron chi connectivity index (χ4n) is 2.55. The average molecular weight is 374 g/mol. The van der Waals surface area contributed by atoms with Crippen molar-refractivity contribution in [3.63, 3.8) is 0 Å². The van der Waals surface area contributed by atoms with Gasteiger partial charge in [0, 0.05) is 5.56 Å². The van der Waals surface area contributed by atoms with Gasteiger partial charge in [0.15, 0.2) is 11.5 Å². The maximum absolute atomic E-state index is 12.0. The first-order valence-corrected chi connectivity index (χ1v) is 9.08. The van der Waals surface area contributed by atoms with E-state index in [-0.39, 0.29) is 5.91 Å². The lowest BCUT2D eigenvalue weighted by atomic mass is 10.2. The lowest BCUT2D eigenvalue weighted by Gasteiger charge is -2.12. The monoisotopic (exact) mass is 374 g/mol. The van der Waals surface area contributed by atoms with Crippen LogP contribution in [-0.4, -0.2) is 18.7 Å². The zero-order chi connectivity index (χ0) is 19.6. The number of carbonyl (C=O) groups excluding carboxylic acids is 1. The van der Waals surface area contributed by atoms with E-state index in [1.165, 1.54) is 0 Å². The zero-order valence-corrected chi connectivity index (χ0v) is 15.7. The summed E-state index contributed by atoms with van der Waals surface area (Å²) in [5.74, 6) is 1.04. The van der Waals surface area contributed by atoms with Crippen LogP contribution in [0.25, 0.3) is 0 Å². The van der Waals surface area contributed by atoms with Gasteiger partial charge in [-0.2, -0.15) is 5.10 Å². The Kier molecular flexibility index (Phi) is 6.79. The number of hydrazone groups is 1. The van der Waals surface area contributed by atoms with Crippen molar-refractivity contribution in [3.8, 4) is 11.5 Å². The Bertz CT molecular complexity index is 925. The molecule has 0 unspecified atom stereocenters. The second kappa shape index (κ2) is 9.92. The minimum Gasteiger partial charge on any atom is -0.490 e. The molecule has 1 amide bonds. The SMILES string of the molecule is CCOc1cc(C=NNC(=O)c2ccccc2)ccc1OCc1ccccc1. The molecule has 0 aliphatic rings. The summed E-state index contributed by atoms with van der Waals surface area (Å²) in [5, 5.41) is 4.02. The maximum Gasteiger partial charge on any atom is 0.271 e. The zero-order valence-electron chi connectivity index (χ0n) is 15.7. The number of hydrogen-bond acceptors (Lipinski definition) is 4. The van der Waals surface area contributed by atoms with Gasteiger partial charge in [-0.05, 0) is 48.4 Å². The van der Waals surface area contributed by atoms with E-state index in [0.717, 1.165) is 11.1 Å². The summed E-state index contributed by atoms with van der Waals surface area (Å²) < 4.78 is 11.6. The predicted octanol–water partition coefficient (Wildman–Crippen LogP) is 4.43. The quantitative estimate of drug-likeness (QED) is 0.469. The van der Waals surface area contributed by atoms with E-state index in [0.29, 0.717) is 30.3 Å². The molecule has 0 radical (unpaired) electrons. The van der Waals surface area contributed by atoms with Crippen LogP contribution in [0.1, 0.15) is 28.4 Å². The molecule has 5 heteroatoms. The summed E-state index contributed by atoms with van der Waals surface area (Å²) >= 11 is 0. The molecule has 142 valence electrons. The van der Waals surface area contributed by atoms with Gasteiger partial charge in [0.2, 0.25) is 0 Å². The Morgan fingerprint density at radius 2 is 1.64 bits per heavy atom. The van der Waals surface area contributed by atoms with E-state index in [2.05, 4.69) is 10.5 Å². The Morgan fingerprint density at radius 3 is 2.36 bits per heavy atom. The first-order valence-electron chi connectivity index (χ1n) is 9.08. The lowest BCUT2D eigenvalue weighted by molar-refractivity contribution is 0.0955. The molecular weight excluding hydrogens is 352 g/mol. The fourth-order valence-corrected chi connectivity index (χ4v) is 2.55. The van der Waals surface area contributed by atoms with Crippen molar-refractivity contribution in [2.75, 3.05) is 6.61 Å². The molecule has 0 heterocycles. The van der Waals surface area contributed by atoms with Crippen molar-refractivity contribution in [2.45, 2.75) is 13.5 Å². The summed E-state index contributed by atoms with van der Waals surface area (Å²) in [5.41, 5.74) is 4.95. The fraction of sp³-hybridized carbons (Fsp3) is 0.130. The molecule has 0 aromatic heterocycles. The number of ether oxygens (including phenoxy) is 2. The van der Waals surface area contributed by atoms with Crippen LogP contribution in [0.5, 0.6) is 11.5 Å². The number of hydrogen-bond donors (Lipinski definition) is 1. The van der Waals surface area contributed by atoms with Gasteiger partial charge < -0.3 is 9.47 Å². The number of nitrogens with zero attached hydrogens (tertiary/aromatic N) is 1. The molecule has 0 saturated carbocycles. The molecule has 5 nitrogen and oxygen atoms in total. The van der Waals surface area contributed by atoms with E-state index in [4.69, 9.17) is 9.47 Å². The normalized spacial score (nSPS) is 10.6. The largest absolute Gasteiger partial charge is 0.490 e. The molecule has 3 aromatic rings. The standard InChI is InChI=1S/C23H22N2O3/c1-2-27-22-15-19(16-24-25-23(26)20-11-7-4-8-12-20)13-14-21(22)28-17-18-9-5-3-6-10-18/h3-16H,2,17H2,1H3,(H,25,26). The van der Waals surface area contributed by atoms with E-state index in [9.17, 15) is 4.79 Å². The van der Waals surface area contributed by atoms with Crippen LogP contribution in [0.4, 0.5) is 0 Å². The Hall–Kier alpha value is -3.60. The molecule has 0 aliphatic heterocycles. The van der Waals surface area contributed by atoms with Gasteiger partial charge >= 0.3 is 0 Å². The third-order valence-corrected chi connectivity index (χ3v) is 3.92. The van der Waals surface area contributed by atoms with Gasteiger partial charge in [-0.3, -0.25) is 4.79 Å². The van der Waals surface area contributed by atoms with Crippen LogP contribution in [0.15, 0.2) is 84.0 Å². The van der Waals surface area contributed by atoms with Crippen molar-refractivity contribution in [1.29, 1.82) is 0 Å². The molecule has 0 spiro atoms. The number of rotatable bonds is 8. The van der Waals surface area contributed by atoms with Crippen molar-refractivity contribution >= 4 is 12.1 Å². The molecule has 0 aliphatic carbocycles. The Morgan fingerprint density at radius 1 is 0.929 bits per heavy atom. The first-order chi connectivity index (χ1) is 13.8. The summed E-state index contributed by atoms with van der Waals surface area (Å²) in [6, 6.07) is 24.4. The van der Waals surface area contributed by atoms with Crippen LogP contribution < -0.4 is 14.9 Å². The predicted molar refractivity (Wildman–Crippen MR) is 110 cm³/mol. The van der Waals surface area contributed by atoms with E-state index in [1.807, 2.05) is 61.5 Å². The lowest BCUT2D eigenvalue weighted by Crippen LogP contribution is -2.17. The topological polar surface area (TPSA) is 59.9 Å². The molecule has 28 heavy (non-hydrogen) atoms. The van der Waals surface area contributed by atoms with Gasteiger partial charge in [0.05, 0.1) is 12.8 Å². The number of nitrogens with one attached hydrogen (secondary N) is 1. The van der Waals surface area contributed by atoms with Crippen LogP contribution >= 0.6 is 0 Å². The van der Waals surface area contributed by atoms with Gasteiger partial charge in [0.25, 0.3) is 5.91 Å². The summed E-state index contributed by atoms with van der Waals surface area (Å²) in [6.45, 7) is 2.90. The average Bonchev–Trinajstić information content (AvgIpc) is 2.75. The minimum atomic E-state index is -0.260. The summed E-state index contributed by atoms with van der Waals surface area (Å²) in [7, 11) is 0. The first kappa shape index (κ1) is 19.2. The van der Waals surface area contributed by atoms with E-state index in [1.54, 1.807) is 30.5 Å². The van der Waals surface area contributed by atoms with E-state index < -0.39 is 0 Å². The van der Waals surface area contributed by atoms with Crippen LogP contribution in [0, 0.1) is 0 Å². The smallest absolute Gasteiger partial charge is 0.271 e. The highest BCUT2D eigenvalue weighted by Crippen LogP contribution is 2.28. The van der Waals surface area contributed by atoms with Crippen molar-refractivity contribution in [3.05, 3.63) is 95.6 Å². The molecule has 0 saturated heterocycles. The highest BCUT2D eigenvalue weighted by atomic mass is 16.5. The van der Waals surface area contributed by atoms with Crippen LogP contribution in [0.3, 0.4) is 0 Å². The van der Waals surface area contributed by atoms with Crippen LogP contribution in [-0.2, 0) is 6.61 Å². The second-order valence-corrected chi connectivity index (χ2v) is 5.98. The second-order valence-electron chi connectivity index (χ2n) is 5.98. The van der Waals surface area contributed by atoms with Gasteiger partial charge in [-0.1, -0.05) is 48.5 Å². The maximum atomic E-state index is 12.0. The van der Waals surface area contributed by atoms with Gasteiger partial charge in [-0.25, -0.2) is 5.43 Å². The molecule has 1 N–H and O–H groups in total. The van der Waals surface area contributed by atoms with Crippen molar-refractivity contribution < 1.29 is 14.3 Å². The van der Waals surface area contributed by atoms with Gasteiger partial charge in [0.1, 0.15) is 6.61 Å². The highest BCUT2D eigenvalue weighted by molar-refractivity contribution is 5.94. The molecule has 0 fully saturated rings. The van der Waals surface area contributed by atoms with Crippen molar-refractivity contribution in [2.24, 2.45) is 5.10 Å². The molecule has 0 atom stereocenters. The molecule has 3 rings (SSSR count). The minimum absolute atomic E-state index is 0.260. The highest BCUT2D eigenvalue weighted by Gasteiger charge is 2.07. The third-order valence-electron chi connectivity index (χ3n) is 3.92. The Labute approximate surface area is 164 Å². The van der Waals surface area contributed by atoms with Crippen LogP contribution in [0.2, 0.25) is 0 Å². The summed E-state index contributed by atoms with van der Waals surface area (Å²) in [6.07, 6.45) is 1.57. The number of carbonyl (C=O) groups is 1. The number of amides is 1. The van der Waals surface area contributed by atoms with E-state index >= 15 is 0 Å². The molecule has 3 aromatic carbocycles. The number of benzene rings is 3. The Balaban J connectivity index is 1.65.